The molecule has 0 bridgehead atoms. The zero-order valence-corrected chi connectivity index (χ0v) is 8.76. The smallest absolute Gasteiger partial charge is 0.414 e. The minimum absolute atomic E-state index is 1.75. The van der Waals surface area contributed by atoms with E-state index in [1.165, 1.54) is 0 Å². The minimum Gasteiger partial charge on any atom is -0.473 e. The van der Waals surface area contributed by atoms with Crippen LogP contribution >= 0.6 is 0 Å². The summed E-state index contributed by atoms with van der Waals surface area (Å²) >= 11 is 0. The van der Waals surface area contributed by atoms with Crippen LogP contribution in [0.2, 0.25) is 0 Å². The third kappa shape index (κ3) is 15.5. The topological polar surface area (TPSA) is 162 Å². The first-order valence-electron chi connectivity index (χ1n) is 4.06. The standard InChI is InChI=1S/C5H5N.2C2H2O4/c1-2-4-6-5-3-1;2*3-1(4)2(5)6/h1-5H;2*(H,3,4)(H,5,6). The number of carboxylic acid groups (broad SMARTS) is 4. The van der Waals surface area contributed by atoms with E-state index in [0.29, 0.717) is 0 Å². The van der Waals surface area contributed by atoms with Crippen LogP contribution < -0.4 is 0 Å². The highest BCUT2D eigenvalue weighted by Gasteiger charge is 2.04. The summed E-state index contributed by atoms with van der Waals surface area (Å²) in [4.78, 5) is 40.2. The molecule has 0 aliphatic carbocycles. The van der Waals surface area contributed by atoms with Crippen LogP contribution in [0, 0.1) is 0 Å². The molecular formula is C9H9NO8. The van der Waals surface area contributed by atoms with Gasteiger partial charge < -0.3 is 20.4 Å². The van der Waals surface area contributed by atoms with Gasteiger partial charge in [-0.15, -0.1) is 0 Å². The molecule has 0 saturated heterocycles. The van der Waals surface area contributed by atoms with Crippen molar-refractivity contribution in [3.05, 3.63) is 30.6 Å². The summed E-state index contributed by atoms with van der Waals surface area (Å²) in [6, 6.07) is 5.72. The van der Waals surface area contributed by atoms with Crippen LogP contribution in [0.5, 0.6) is 0 Å². The summed E-state index contributed by atoms with van der Waals surface area (Å²) in [5.41, 5.74) is 0. The van der Waals surface area contributed by atoms with Crippen molar-refractivity contribution in [3.8, 4) is 0 Å². The van der Waals surface area contributed by atoms with E-state index in [0.717, 1.165) is 0 Å². The number of hydrogen-bond donors (Lipinski definition) is 4. The van der Waals surface area contributed by atoms with E-state index in [4.69, 9.17) is 39.6 Å². The van der Waals surface area contributed by atoms with Crippen molar-refractivity contribution in [1.82, 2.24) is 4.98 Å². The molecule has 1 aromatic rings. The summed E-state index contributed by atoms with van der Waals surface area (Å²) < 4.78 is 0. The van der Waals surface area contributed by atoms with Crippen LogP contribution in [0.25, 0.3) is 0 Å². The molecule has 0 unspecified atom stereocenters. The Balaban J connectivity index is 0. The van der Waals surface area contributed by atoms with Crippen molar-refractivity contribution in [2.45, 2.75) is 0 Å². The molecule has 0 radical (unpaired) electrons. The summed E-state index contributed by atoms with van der Waals surface area (Å²) in [6.07, 6.45) is 3.50. The molecule has 1 aromatic heterocycles. The molecule has 1 heterocycles. The molecule has 0 saturated carbocycles. The second-order valence-corrected chi connectivity index (χ2v) is 2.25. The van der Waals surface area contributed by atoms with E-state index in [-0.39, 0.29) is 0 Å². The molecule has 4 N–H and O–H groups in total. The van der Waals surface area contributed by atoms with E-state index in [1.54, 1.807) is 12.4 Å². The second-order valence-electron chi connectivity index (χ2n) is 2.25. The minimum atomic E-state index is -1.82. The van der Waals surface area contributed by atoms with Gasteiger partial charge in [-0.05, 0) is 12.1 Å². The van der Waals surface area contributed by atoms with Gasteiger partial charge in [0.2, 0.25) is 0 Å². The molecule has 0 aliphatic heterocycles. The third-order valence-electron chi connectivity index (χ3n) is 0.932. The van der Waals surface area contributed by atoms with E-state index in [2.05, 4.69) is 4.98 Å². The highest BCUT2D eigenvalue weighted by atomic mass is 16.4. The van der Waals surface area contributed by atoms with Crippen LogP contribution in [-0.2, 0) is 19.2 Å². The molecule has 9 heteroatoms. The average Bonchev–Trinajstić information content (AvgIpc) is 2.32. The SMILES string of the molecule is O=C(O)C(=O)O.O=C(O)C(=O)O.c1ccncc1. The van der Waals surface area contributed by atoms with Crippen molar-refractivity contribution in [2.24, 2.45) is 0 Å². The number of nitrogens with zero attached hydrogens (tertiary/aromatic N) is 1. The Hall–Kier alpha value is -2.97. The fraction of sp³-hybridized carbons (Fsp3) is 0. The zero-order chi connectivity index (χ0) is 14.6. The van der Waals surface area contributed by atoms with Crippen molar-refractivity contribution >= 4 is 23.9 Å². The van der Waals surface area contributed by atoms with Gasteiger partial charge in [-0.1, -0.05) is 6.07 Å². The van der Waals surface area contributed by atoms with Gasteiger partial charge in [0.05, 0.1) is 0 Å². The molecule has 0 aromatic carbocycles. The van der Waals surface area contributed by atoms with Gasteiger partial charge in [0.15, 0.2) is 0 Å². The van der Waals surface area contributed by atoms with Crippen LogP contribution in [0.4, 0.5) is 0 Å². The second kappa shape index (κ2) is 10.5. The molecule has 0 aliphatic rings. The number of pyridine rings is 1. The lowest BCUT2D eigenvalue weighted by molar-refractivity contribution is -0.159. The van der Waals surface area contributed by atoms with Crippen molar-refractivity contribution in [1.29, 1.82) is 0 Å². The van der Waals surface area contributed by atoms with Crippen molar-refractivity contribution in [2.75, 3.05) is 0 Å². The van der Waals surface area contributed by atoms with Gasteiger partial charge in [-0.25, -0.2) is 19.2 Å². The van der Waals surface area contributed by atoms with Crippen LogP contribution in [0.3, 0.4) is 0 Å². The molecular weight excluding hydrogens is 250 g/mol. The van der Waals surface area contributed by atoms with E-state index >= 15 is 0 Å². The summed E-state index contributed by atoms with van der Waals surface area (Å²) in [6.45, 7) is 0. The quantitative estimate of drug-likeness (QED) is 0.445. The van der Waals surface area contributed by atoms with Gasteiger partial charge in [0.1, 0.15) is 0 Å². The zero-order valence-electron chi connectivity index (χ0n) is 8.76. The summed E-state index contributed by atoms with van der Waals surface area (Å²) in [5.74, 6) is -7.30. The monoisotopic (exact) mass is 259 g/mol. The van der Waals surface area contributed by atoms with E-state index in [9.17, 15) is 0 Å². The molecule has 0 atom stereocenters. The highest BCUT2D eigenvalue weighted by Crippen LogP contribution is 1.73. The number of aliphatic carboxylic acids is 4. The summed E-state index contributed by atoms with van der Waals surface area (Å²) in [5, 5.41) is 29.6. The van der Waals surface area contributed by atoms with Crippen molar-refractivity contribution in [3.63, 3.8) is 0 Å². The Kier molecular flexibility index (Phi) is 10.2. The Morgan fingerprint density at radius 3 is 0.944 bits per heavy atom. The number of hydrogen-bond acceptors (Lipinski definition) is 5. The predicted octanol–water partition coefficient (Wildman–Crippen LogP) is -0.607. The van der Waals surface area contributed by atoms with Gasteiger partial charge in [-0.3, -0.25) is 4.98 Å². The lowest BCUT2D eigenvalue weighted by Gasteiger charge is -1.72. The maximum atomic E-state index is 9.10. The highest BCUT2D eigenvalue weighted by molar-refractivity contribution is 6.27. The van der Waals surface area contributed by atoms with Crippen LogP contribution in [0.1, 0.15) is 0 Å². The van der Waals surface area contributed by atoms with Crippen molar-refractivity contribution < 1.29 is 39.6 Å². The maximum Gasteiger partial charge on any atom is 0.414 e. The van der Waals surface area contributed by atoms with Gasteiger partial charge in [-0.2, -0.15) is 0 Å². The Labute approximate surface area is 99.9 Å². The molecule has 1 rings (SSSR count). The van der Waals surface area contributed by atoms with E-state index < -0.39 is 23.9 Å². The number of aromatic nitrogens is 1. The third-order valence-corrected chi connectivity index (χ3v) is 0.932. The molecule has 0 fully saturated rings. The normalized spacial score (nSPS) is 7.56. The number of carbonyl (C=O) groups is 4. The first-order chi connectivity index (χ1) is 8.29. The first-order valence-corrected chi connectivity index (χ1v) is 4.06. The Bertz CT molecular complexity index is 328. The van der Waals surface area contributed by atoms with Gasteiger partial charge >= 0.3 is 23.9 Å². The maximum absolute atomic E-state index is 9.10. The molecule has 9 nitrogen and oxygen atoms in total. The molecule has 98 valence electrons. The fourth-order valence-corrected chi connectivity index (χ4v) is 0.313. The molecule has 0 spiro atoms. The average molecular weight is 259 g/mol. The number of rotatable bonds is 0. The lowest BCUT2D eigenvalue weighted by atomic mass is 10.5. The molecule has 18 heavy (non-hydrogen) atoms. The van der Waals surface area contributed by atoms with Gasteiger partial charge in [0.25, 0.3) is 0 Å². The van der Waals surface area contributed by atoms with Crippen LogP contribution in [0.15, 0.2) is 30.6 Å². The van der Waals surface area contributed by atoms with Gasteiger partial charge in [0, 0.05) is 12.4 Å². The fourth-order valence-electron chi connectivity index (χ4n) is 0.313. The molecule has 0 amide bonds. The number of carboxylic acids is 4. The summed E-state index contributed by atoms with van der Waals surface area (Å²) in [7, 11) is 0. The van der Waals surface area contributed by atoms with E-state index in [1.807, 2.05) is 18.2 Å². The largest absolute Gasteiger partial charge is 0.473 e. The lowest BCUT2D eigenvalue weighted by Crippen LogP contribution is -2.09. The Morgan fingerprint density at radius 2 is 0.889 bits per heavy atom. The Morgan fingerprint density at radius 1 is 0.611 bits per heavy atom. The van der Waals surface area contributed by atoms with Crippen LogP contribution in [-0.4, -0.2) is 49.3 Å². The first kappa shape index (κ1) is 17.4. The predicted molar refractivity (Wildman–Crippen MR) is 54.8 cm³/mol.